The van der Waals surface area contributed by atoms with E-state index >= 15 is 0 Å². The first-order chi connectivity index (χ1) is 10.2. The minimum atomic E-state index is 0.227. The standard InChI is InChI=1S/C17H22N2O2/c1-12-6-8-19(9-7-12)16(20)10-13-11-18-17-14(13)4-3-5-15(17)21-2/h3-5,11-12,18H,6-10H2,1-2H3. The van der Waals surface area contributed by atoms with Crippen LogP contribution in [-0.2, 0) is 11.2 Å². The second-order valence-electron chi connectivity index (χ2n) is 5.94. The fourth-order valence-corrected chi connectivity index (χ4v) is 3.03. The van der Waals surface area contributed by atoms with E-state index < -0.39 is 0 Å². The van der Waals surface area contributed by atoms with Crippen molar-refractivity contribution in [3.05, 3.63) is 30.0 Å². The van der Waals surface area contributed by atoms with E-state index in [0.717, 1.165) is 54.1 Å². The highest BCUT2D eigenvalue weighted by atomic mass is 16.5. The van der Waals surface area contributed by atoms with E-state index in [4.69, 9.17) is 4.74 Å². The van der Waals surface area contributed by atoms with Crippen molar-refractivity contribution in [1.29, 1.82) is 0 Å². The van der Waals surface area contributed by atoms with Crippen molar-refractivity contribution in [3.63, 3.8) is 0 Å². The summed E-state index contributed by atoms with van der Waals surface area (Å²) in [6.45, 7) is 4.05. The van der Waals surface area contributed by atoms with Crippen LogP contribution in [-0.4, -0.2) is 36.0 Å². The maximum atomic E-state index is 12.5. The molecule has 0 saturated carbocycles. The lowest BCUT2D eigenvalue weighted by Crippen LogP contribution is -2.38. The van der Waals surface area contributed by atoms with Crippen molar-refractivity contribution in [2.24, 2.45) is 5.92 Å². The number of carbonyl (C=O) groups excluding carboxylic acids is 1. The van der Waals surface area contributed by atoms with Crippen LogP contribution in [0, 0.1) is 5.92 Å². The fraction of sp³-hybridized carbons (Fsp3) is 0.471. The van der Waals surface area contributed by atoms with E-state index in [2.05, 4.69) is 11.9 Å². The molecule has 0 spiro atoms. The number of nitrogens with zero attached hydrogens (tertiary/aromatic N) is 1. The van der Waals surface area contributed by atoms with Gasteiger partial charge >= 0.3 is 0 Å². The minimum absolute atomic E-state index is 0.227. The smallest absolute Gasteiger partial charge is 0.227 e. The van der Waals surface area contributed by atoms with E-state index in [1.807, 2.05) is 29.3 Å². The summed E-state index contributed by atoms with van der Waals surface area (Å²) in [4.78, 5) is 17.7. The molecule has 0 bridgehead atoms. The molecule has 1 aliphatic rings. The van der Waals surface area contributed by atoms with Gasteiger partial charge in [-0.1, -0.05) is 19.1 Å². The predicted octanol–water partition coefficient (Wildman–Crippen LogP) is 2.98. The number of carbonyl (C=O) groups is 1. The molecule has 21 heavy (non-hydrogen) atoms. The Morgan fingerprint density at radius 1 is 1.38 bits per heavy atom. The highest BCUT2D eigenvalue weighted by molar-refractivity contribution is 5.92. The van der Waals surface area contributed by atoms with Crippen LogP contribution in [0.1, 0.15) is 25.3 Å². The first kappa shape index (κ1) is 14.0. The summed E-state index contributed by atoms with van der Waals surface area (Å²) in [5.74, 6) is 1.79. The Kier molecular flexibility index (Phi) is 3.86. The van der Waals surface area contributed by atoms with Gasteiger partial charge in [0.25, 0.3) is 0 Å². The molecular weight excluding hydrogens is 264 g/mol. The summed E-state index contributed by atoms with van der Waals surface area (Å²) in [5.41, 5.74) is 2.02. The number of para-hydroxylation sites is 1. The lowest BCUT2D eigenvalue weighted by Gasteiger charge is -2.30. The summed E-state index contributed by atoms with van der Waals surface area (Å²) < 4.78 is 5.35. The number of benzene rings is 1. The summed E-state index contributed by atoms with van der Waals surface area (Å²) in [5, 5.41) is 1.08. The van der Waals surface area contributed by atoms with Crippen molar-refractivity contribution in [3.8, 4) is 5.75 Å². The Morgan fingerprint density at radius 2 is 2.14 bits per heavy atom. The number of hydrogen-bond donors (Lipinski definition) is 1. The maximum absolute atomic E-state index is 12.5. The number of likely N-dealkylation sites (tertiary alicyclic amines) is 1. The number of amides is 1. The first-order valence-corrected chi connectivity index (χ1v) is 7.59. The average molecular weight is 286 g/mol. The Morgan fingerprint density at radius 3 is 2.86 bits per heavy atom. The van der Waals surface area contributed by atoms with Gasteiger partial charge in [-0.2, -0.15) is 0 Å². The zero-order valence-electron chi connectivity index (χ0n) is 12.7. The molecule has 4 heteroatoms. The topological polar surface area (TPSA) is 45.3 Å². The van der Waals surface area contributed by atoms with E-state index in [-0.39, 0.29) is 5.91 Å². The van der Waals surface area contributed by atoms with Crippen LogP contribution in [0.3, 0.4) is 0 Å². The van der Waals surface area contributed by atoms with Gasteiger partial charge in [-0.25, -0.2) is 0 Å². The van der Waals surface area contributed by atoms with Crippen molar-refractivity contribution >= 4 is 16.8 Å². The Labute approximate surface area is 125 Å². The highest BCUT2D eigenvalue weighted by Crippen LogP contribution is 2.27. The Bertz CT molecular complexity index is 639. The van der Waals surface area contributed by atoms with Crippen LogP contribution in [0.25, 0.3) is 10.9 Å². The number of nitrogens with one attached hydrogen (secondary N) is 1. The Hall–Kier alpha value is -1.97. The van der Waals surface area contributed by atoms with Crippen molar-refractivity contribution in [2.45, 2.75) is 26.2 Å². The average Bonchev–Trinajstić information content (AvgIpc) is 2.91. The molecule has 1 aromatic heterocycles. The van der Waals surface area contributed by atoms with Crippen molar-refractivity contribution < 1.29 is 9.53 Å². The van der Waals surface area contributed by atoms with E-state index in [1.165, 1.54) is 0 Å². The number of aromatic amines is 1. The molecule has 0 unspecified atom stereocenters. The Balaban J connectivity index is 1.77. The molecule has 0 atom stereocenters. The van der Waals surface area contributed by atoms with E-state index in [0.29, 0.717) is 6.42 Å². The molecule has 0 radical (unpaired) electrons. The molecule has 112 valence electrons. The number of ether oxygens (including phenoxy) is 1. The summed E-state index contributed by atoms with van der Waals surface area (Å²) >= 11 is 0. The fourth-order valence-electron chi connectivity index (χ4n) is 3.03. The summed E-state index contributed by atoms with van der Waals surface area (Å²) in [6, 6.07) is 5.93. The van der Waals surface area contributed by atoms with Crippen LogP contribution in [0.2, 0.25) is 0 Å². The third kappa shape index (κ3) is 2.75. The van der Waals surface area contributed by atoms with Gasteiger partial charge in [0.05, 0.1) is 19.0 Å². The summed E-state index contributed by atoms with van der Waals surface area (Å²) in [7, 11) is 1.66. The molecule has 0 aliphatic carbocycles. The molecule has 1 amide bonds. The predicted molar refractivity (Wildman–Crippen MR) is 83.5 cm³/mol. The van der Waals surface area contributed by atoms with E-state index in [9.17, 15) is 4.79 Å². The number of aromatic nitrogens is 1. The molecular formula is C17H22N2O2. The van der Waals surface area contributed by atoms with Gasteiger partial charge in [0, 0.05) is 24.7 Å². The molecule has 1 saturated heterocycles. The van der Waals surface area contributed by atoms with Gasteiger partial charge < -0.3 is 14.6 Å². The van der Waals surface area contributed by atoms with Crippen LogP contribution in [0.4, 0.5) is 0 Å². The van der Waals surface area contributed by atoms with Crippen LogP contribution < -0.4 is 4.74 Å². The number of fused-ring (bicyclic) bond motifs is 1. The third-order valence-corrected chi connectivity index (χ3v) is 4.46. The van der Waals surface area contributed by atoms with Gasteiger partial charge in [0.2, 0.25) is 5.91 Å². The zero-order valence-corrected chi connectivity index (χ0v) is 12.7. The zero-order chi connectivity index (χ0) is 14.8. The molecule has 2 heterocycles. The van der Waals surface area contributed by atoms with Gasteiger partial charge in [0.1, 0.15) is 5.75 Å². The monoisotopic (exact) mass is 286 g/mol. The second kappa shape index (κ2) is 5.80. The molecule has 3 rings (SSSR count). The normalized spacial score (nSPS) is 16.4. The molecule has 4 nitrogen and oxygen atoms in total. The molecule has 2 aromatic rings. The van der Waals surface area contributed by atoms with Gasteiger partial charge in [-0.3, -0.25) is 4.79 Å². The van der Waals surface area contributed by atoms with Crippen molar-refractivity contribution in [2.75, 3.05) is 20.2 Å². The maximum Gasteiger partial charge on any atom is 0.227 e. The largest absolute Gasteiger partial charge is 0.495 e. The molecule has 1 N–H and O–H groups in total. The lowest BCUT2D eigenvalue weighted by atomic mass is 9.98. The molecule has 1 aromatic carbocycles. The highest BCUT2D eigenvalue weighted by Gasteiger charge is 2.21. The second-order valence-corrected chi connectivity index (χ2v) is 5.94. The number of methoxy groups -OCH3 is 1. The lowest BCUT2D eigenvalue weighted by molar-refractivity contribution is -0.131. The number of hydrogen-bond acceptors (Lipinski definition) is 2. The van der Waals surface area contributed by atoms with Crippen LogP contribution in [0.5, 0.6) is 5.75 Å². The number of piperidine rings is 1. The van der Waals surface area contributed by atoms with Gasteiger partial charge in [-0.15, -0.1) is 0 Å². The quantitative estimate of drug-likeness (QED) is 0.943. The first-order valence-electron chi connectivity index (χ1n) is 7.59. The minimum Gasteiger partial charge on any atom is -0.495 e. The third-order valence-electron chi connectivity index (χ3n) is 4.46. The van der Waals surface area contributed by atoms with Gasteiger partial charge in [-0.05, 0) is 30.4 Å². The number of rotatable bonds is 3. The van der Waals surface area contributed by atoms with Crippen LogP contribution >= 0.6 is 0 Å². The molecule has 1 fully saturated rings. The van der Waals surface area contributed by atoms with Gasteiger partial charge in [0.15, 0.2) is 0 Å². The SMILES string of the molecule is COc1cccc2c(CC(=O)N3CCC(C)CC3)c[nH]c12. The molecule has 1 aliphatic heterocycles. The number of H-pyrrole nitrogens is 1. The van der Waals surface area contributed by atoms with Crippen molar-refractivity contribution in [1.82, 2.24) is 9.88 Å². The summed E-state index contributed by atoms with van der Waals surface area (Å²) in [6.07, 6.45) is 4.63. The van der Waals surface area contributed by atoms with Crippen LogP contribution in [0.15, 0.2) is 24.4 Å². The van der Waals surface area contributed by atoms with E-state index in [1.54, 1.807) is 7.11 Å².